The van der Waals surface area contributed by atoms with Gasteiger partial charge in [0.2, 0.25) is 10.0 Å². The van der Waals surface area contributed by atoms with Crippen molar-refractivity contribution < 1.29 is 13.3 Å². The SMILES string of the molecule is Cc1cc([N+](=O)[O-])c(S(=O)(=O)N(CCN)CCc2ccccc2)cc1C. The number of nitro groups is 1. The highest BCUT2D eigenvalue weighted by Crippen LogP contribution is 2.29. The summed E-state index contributed by atoms with van der Waals surface area (Å²) in [4.78, 5) is 10.4. The predicted octanol–water partition coefficient (Wildman–Crippen LogP) is 2.40. The van der Waals surface area contributed by atoms with Crippen LogP contribution in [-0.2, 0) is 16.4 Å². The molecule has 2 aromatic rings. The fourth-order valence-corrected chi connectivity index (χ4v) is 4.34. The van der Waals surface area contributed by atoms with Crippen molar-refractivity contribution in [3.8, 4) is 0 Å². The fraction of sp³-hybridized carbons (Fsp3) is 0.333. The first-order valence-corrected chi connectivity index (χ1v) is 9.71. The van der Waals surface area contributed by atoms with Gasteiger partial charge in [0.25, 0.3) is 5.69 Å². The van der Waals surface area contributed by atoms with Gasteiger partial charge in [0.1, 0.15) is 0 Å². The van der Waals surface area contributed by atoms with E-state index in [2.05, 4.69) is 0 Å². The average Bonchev–Trinajstić information content (AvgIpc) is 2.61. The number of sulfonamides is 1. The van der Waals surface area contributed by atoms with E-state index in [4.69, 9.17) is 5.73 Å². The molecule has 0 aliphatic rings. The lowest BCUT2D eigenvalue weighted by Crippen LogP contribution is -2.37. The molecule has 2 N–H and O–H groups in total. The van der Waals surface area contributed by atoms with E-state index in [1.807, 2.05) is 30.3 Å². The van der Waals surface area contributed by atoms with Crippen molar-refractivity contribution in [2.24, 2.45) is 5.73 Å². The Morgan fingerprint density at radius 1 is 1.08 bits per heavy atom. The molecular formula is C18H23N3O4S. The van der Waals surface area contributed by atoms with Crippen molar-refractivity contribution in [1.29, 1.82) is 0 Å². The standard InChI is InChI=1S/C18H23N3O4S/c1-14-12-17(21(22)23)18(13-15(14)2)26(24,25)20(11-9-19)10-8-16-6-4-3-5-7-16/h3-7,12-13H,8-11,19H2,1-2H3. The predicted molar refractivity (Wildman–Crippen MR) is 101 cm³/mol. The van der Waals surface area contributed by atoms with Crippen LogP contribution in [0.2, 0.25) is 0 Å². The molecule has 0 saturated heterocycles. The number of hydrogen-bond acceptors (Lipinski definition) is 5. The number of hydrogen-bond donors (Lipinski definition) is 1. The maximum Gasteiger partial charge on any atom is 0.289 e. The Kier molecular flexibility index (Phi) is 6.47. The van der Waals surface area contributed by atoms with Crippen molar-refractivity contribution in [2.45, 2.75) is 25.2 Å². The van der Waals surface area contributed by atoms with E-state index in [9.17, 15) is 18.5 Å². The van der Waals surface area contributed by atoms with Gasteiger partial charge >= 0.3 is 0 Å². The summed E-state index contributed by atoms with van der Waals surface area (Å²) in [5.74, 6) is 0. The molecule has 2 rings (SSSR count). The zero-order valence-electron chi connectivity index (χ0n) is 14.9. The molecule has 0 amide bonds. The Morgan fingerprint density at radius 3 is 2.27 bits per heavy atom. The monoisotopic (exact) mass is 377 g/mol. The van der Waals surface area contributed by atoms with Gasteiger partial charge in [-0.1, -0.05) is 30.3 Å². The van der Waals surface area contributed by atoms with Gasteiger partial charge in [-0.3, -0.25) is 10.1 Å². The Balaban J connectivity index is 2.41. The quantitative estimate of drug-likeness (QED) is 0.561. The molecule has 0 spiro atoms. The lowest BCUT2D eigenvalue weighted by molar-refractivity contribution is -0.387. The van der Waals surface area contributed by atoms with Crippen LogP contribution >= 0.6 is 0 Å². The van der Waals surface area contributed by atoms with Crippen LogP contribution in [0.25, 0.3) is 0 Å². The topological polar surface area (TPSA) is 107 Å². The normalized spacial score (nSPS) is 11.7. The number of nitrogens with two attached hydrogens (primary N) is 1. The van der Waals surface area contributed by atoms with Crippen LogP contribution in [0, 0.1) is 24.0 Å². The second kappa shape index (κ2) is 8.39. The summed E-state index contributed by atoms with van der Waals surface area (Å²) in [5, 5.41) is 11.4. The van der Waals surface area contributed by atoms with E-state index in [1.54, 1.807) is 13.8 Å². The van der Waals surface area contributed by atoms with Gasteiger partial charge in [0.15, 0.2) is 4.90 Å². The lowest BCUT2D eigenvalue weighted by atomic mass is 10.1. The molecular weight excluding hydrogens is 354 g/mol. The van der Waals surface area contributed by atoms with Crippen LogP contribution in [0.4, 0.5) is 5.69 Å². The number of nitro benzene ring substituents is 1. The van der Waals surface area contributed by atoms with Gasteiger partial charge in [-0.25, -0.2) is 8.42 Å². The maximum absolute atomic E-state index is 13.1. The molecule has 140 valence electrons. The van der Waals surface area contributed by atoms with Crippen molar-refractivity contribution >= 4 is 15.7 Å². The zero-order chi connectivity index (χ0) is 19.3. The molecule has 26 heavy (non-hydrogen) atoms. The number of rotatable bonds is 8. The largest absolute Gasteiger partial charge is 0.329 e. The minimum absolute atomic E-state index is 0.0965. The lowest BCUT2D eigenvalue weighted by Gasteiger charge is -2.22. The molecule has 0 aliphatic heterocycles. The molecule has 0 aromatic heterocycles. The highest BCUT2D eigenvalue weighted by Gasteiger charge is 2.31. The summed E-state index contributed by atoms with van der Waals surface area (Å²) in [6.45, 7) is 3.88. The van der Waals surface area contributed by atoms with Crippen molar-refractivity contribution in [3.05, 3.63) is 69.3 Å². The van der Waals surface area contributed by atoms with E-state index in [0.717, 1.165) is 5.56 Å². The Bertz CT molecular complexity index is 883. The van der Waals surface area contributed by atoms with Crippen LogP contribution in [0.3, 0.4) is 0 Å². The molecule has 0 aliphatic carbocycles. The Morgan fingerprint density at radius 2 is 1.69 bits per heavy atom. The van der Waals surface area contributed by atoms with E-state index < -0.39 is 20.6 Å². The molecule has 0 bridgehead atoms. The van der Waals surface area contributed by atoms with Gasteiger partial charge in [0, 0.05) is 25.7 Å². The molecule has 0 radical (unpaired) electrons. The summed E-state index contributed by atoms with van der Waals surface area (Å²) in [6, 6.07) is 12.1. The van der Waals surface area contributed by atoms with Crippen molar-refractivity contribution in [1.82, 2.24) is 4.31 Å². The molecule has 2 aromatic carbocycles. The summed E-state index contributed by atoms with van der Waals surface area (Å²) < 4.78 is 27.4. The summed E-state index contributed by atoms with van der Waals surface area (Å²) in [5.41, 5.74) is 7.52. The summed E-state index contributed by atoms with van der Waals surface area (Å²) in [6.07, 6.45) is 0.499. The van der Waals surface area contributed by atoms with Crippen LogP contribution in [-0.4, -0.2) is 37.3 Å². The van der Waals surface area contributed by atoms with Crippen molar-refractivity contribution in [2.75, 3.05) is 19.6 Å². The van der Waals surface area contributed by atoms with E-state index in [1.165, 1.54) is 16.4 Å². The molecule has 0 saturated carbocycles. The Labute approximate surface area is 153 Å². The van der Waals surface area contributed by atoms with Gasteiger partial charge in [-0.2, -0.15) is 4.31 Å². The van der Waals surface area contributed by atoms with Crippen LogP contribution < -0.4 is 5.73 Å². The average molecular weight is 377 g/mol. The van der Waals surface area contributed by atoms with Crippen LogP contribution in [0.1, 0.15) is 16.7 Å². The highest BCUT2D eigenvalue weighted by atomic mass is 32.2. The summed E-state index contributed by atoms with van der Waals surface area (Å²) >= 11 is 0. The maximum atomic E-state index is 13.1. The third-order valence-corrected chi connectivity index (χ3v) is 6.19. The number of benzene rings is 2. The molecule has 8 heteroatoms. The molecule has 0 unspecified atom stereocenters. The number of aryl methyl sites for hydroxylation is 2. The third-order valence-electron chi connectivity index (χ3n) is 4.26. The third kappa shape index (κ3) is 4.46. The van der Waals surface area contributed by atoms with Crippen molar-refractivity contribution in [3.63, 3.8) is 0 Å². The van der Waals surface area contributed by atoms with Gasteiger partial charge in [0.05, 0.1) is 4.92 Å². The smallest absolute Gasteiger partial charge is 0.289 e. The van der Waals surface area contributed by atoms with Gasteiger partial charge in [-0.15, -0.1) is 0 Å². The second-order valence-corrected chi connectivity index (χ2v) is 8.00. The second-order valence-electron chi connectivity index (χ2n) is 6.09. The first-order valence-electron chi connectivity index (χ1n) is 8.27. The van der Waals surface area contributed by atoms with Gasteiger partial charge in [-0.05, 0) is 43.0 Å². The fourth-order valence-electron chi connectivity index (χ4n) is 2.66. The first kappa shape index (κ1) is 20.0. The molecule has 0 fully saturated rings. The summed E-state index contributed by atoms with van der Waals surface area (Å²) in [7, 11) is -4.04. The highest BCUT2D eigenvalue weighted by molar-refractivity contribution is 7.89. The zero-order valence-corrected chi connectivity index (χ0v) is 15.7. The van der Waals surface area contributed by atoms with E-state index in [0.29, 0.717) is 17.5 Å². The molecule has 0 atom stereocenters. The number of nitrogens with zero attached hydrogens (tertiary/aromatic N) is 2. The van der Waals surface area contributed by atoms with E-state index >= 15 is 0 Å². The molecule has 7 nitrogen and oxygen atoms in total. The molecule has 0 heterocycles. The minimum atomic E-state index is -4.04. The first-order chi connectivity index (χ1) is 12.3. The van der Waals surface area contributed by atoms with E-state index in [-0.39, 0.29) is 24.5 Å². The van der Waals surface area contributed by atoms with Crippen LogP contribution in [0.15, 0.2) is 47.4 Å². The minimum Gasteiger partial charge on any atom is -0.329 e. The van der Waals surface area contributed by atoms with Gasteiger partial charge < -0.3 is 5.73 Å². The Hall–Kier alpha value is -2.29. The van der Waals surface area contributed by atoms with Crippen LogP contribution in [0.5, 0.6) is 0 Å².